The number of phenolic OH excluding ortho intramolecular Hbond substituents is 1. The molecule has 3 rings (SSSR count). The summed E-state index contributed by atoms with van der Waals surface area (Å²) < 4.78 is 13.7. The quantitative estimate of drug-likeness (QED) is 0.620. The lowest BCUT2D eigenvalue weighted by molar-refractivity contribution is 0.262. The van der Waals surface area contributed by atoms with Crippen molar-refractivity contribution in [2.75, 3.05) is 10.6 Å². The van der Waals surface area contributed by atoms with Gasteiger partial charge in [-0.3, -0.25) is 0 Å². The van der Waals surface area contributed by atoms with Crippen molar-refractivity contribution in [3.05, 3.63) is 65.4 Å². The Morgan fingerprint density at radius 1 is 0.957 bits per heavy atom. The predicted octanol–water partition coefficient (Wildman–Crippen LogP) is 4.98. The van der Waals surface area contributed by atoms with Crippen LogP contribution in [0.1, 0.15) is 0 Å². The molecule has 0 atom stereocenters. The van der Waals surface area contributed by atoms with Gasteiger partial charge in [-0.1, -0.05) is 41.9 Å². The molecule has 0 unspecified atom stereocenters. The molecule has 3 aromatic carbocycles. The van der Waals surface area contributed by atoms with E-state index < -0.39 is 11.8 Å². The molecule has 23 heavy (non-hydrogen) atoms. The second-order valence-electron chi connectivity index (χ2n) is 4.85. The van der Waals surface area contributed by atoms with Crippen LogP contribution in [0, 0.1) is 5.82 Å². The van der Waals surface area contributed by atoms with Crippen molar-refractivity contribution in [3.8, 4) is 5.75 Å². The summed E-state index contributed by atoms with van der Waals surface area (Å²) in [6.07, 6.45) is 0. The Bertz CT molecular complexity index is 879. The molecule has 3 aromatic rings. The van der Waals surface area contributed by atoms with Gasteiger partial charge in [-0.25, -0.2) is 9.18 Å². The predicted molar refractivity (Wildman–Crippen MR) is 89.7 cm³/mol. The number of nitrogens with one attached hydrogen (secondary N) is 2. The maximum Gasteiger partial charge on any atom is 0.323 e. The molecular formula is C17H12ClFN2O2. The molecule has 3 N–H and O–H groups in total. The van der Waals surface area contributed by atoms with E-state index in [1.54, 1.807) is 36.4 Å². The fourth-order valence-electron chi connectivity index (χ4n) is 2.29. The number of phenols is 1. The van der Waals surface area contributed by atoms with Crippen LogP contribution in [0.2, 0.25) is 5.02 Å². The highest BCUT2D eigenvalue weighted by Crippen LogP contribution is 2.30. The molecule has 6 heteroatoms. The topological polar surface area (TPSA) is 61.4 Å². The van der Waals surface area contributed by atoms with E-state index in [2.05, 4.69) is 10.6 Å². The van der Waals surface area contributed by atoms with E-state index in [4.69, 9.17) is 11.6 Å². The van der Waals surface area contributed by atoms with Crippen molar-refractivity contribution in [1.29, 1.82) is 0 Å². The number of anilines is 2. The number of hydrogen-bond donors (Lipinski definition) is 3. The Balaban J connectivity index is 1.88. The van der Waals surface area contributed by atoms with Crippen LogP contribution < -0.4 is 10.6 Å². The third-order valence-electron chi connectivity index (χ3n) is 3.35. The zero-order chi connectivity index (χ0) is 16.4. The number of para-hydroxylation sites is 1. The molecule has 0 aliphatic carbocycles. The minimum Gasteiger partial charge on any atom is -0.507 e. The third-order valence-corrected chi connectivity index (χ3v) is 3.66. The molecule has 0 bridgehead atoms. The van der Waals surface area contributed by atoms with E-state index in [9.17, 15) is 14.3 Å². The van der Waals surface area contributed by atoms with E-state index in [0.717, 1.165) is 0 Å². The van der Waals surface area contributed by atoms with Gasteiger partial charge in [0.2, 0.25) is 0 Å². The van der Waals surface area contributed by atoms with Gasteiger partial charge in [0.1, 0.15) is 11.6 Å². The number of fused-ring (bicyclic) bond motifs is 1. The Morgan fingerprint density at radius 2 is 1.65 bits per heavy atom. The fourth-order valence-corrected chi connectivity index (χ4v) is 2.50. The summed E-state index contributed by atoms with van der Waals surface area (Å²) >= 11 is 5.88. The molecule has 0 heterocycles. The van der Waals surface area contributed by atoms with Gasteiger partial charge in [0, 0.05) is 10.8 Å². The molecule has 0 saturated carbocycles. The Morgan fingerprint density at radius 3 is 2.43 bits per heavy atom. The van der Waals surface area contributed by atoms with Crippen molar-refractivity contribution in [2.24, 2.45) is 0 Å². The van der Waals surface area contributed by atoms with Crippen LogP contribution in [0.5, 0.6) is 5.75 Å². The summed E-state index contributed by atoms with van der Waals surface area (Å²) in [7, 11) is 0. The number of rotatable bonds is 2. The van der Waals surface area contributed by atoms with E-state index in [-0.39, 0.29) is 16.5 Å². The highest BCUT2D eigenvalue weighted by atomic mass is 35.5. The number of carbonyl (C=O) groups excluding carboxylic acids is 1. The Kier molecular flexibility index (Phi) is 4.04. The maximum absolute atomic E-state index is 13.7. The summed E-state index contributed by atoms with van der Waals surface area (Å²) in [6.45, 7) is 0. The standard InChI is InChI=1S/C17H12ClFN2O2/c18-12-6-3-7-13(19)16(12)21-17(23)20-14-8-1-5-11-10(14)4-2-9-15(11)22/h1-9,22H,(H2,20,21,23). The van der Waals surface area contributed by atoms with Crippen molar-refractivity contribution in [1.82, 2.24) is 0 Å². The van der Waals surface area contributed by atoms with Crippen LogP contribution in [-0.2, 0) is 0 Å². The average Bonchev–Trinajstić information content (AvgIpc) is 2.52. The average molecular weight is 331 g/mol. The van der Waals surface area contributed by atoms with Gasteiger partial charge in [-0.2, -0.15) is 0 Å². The summed E-state index contributed by atoms with van der Waals surface area (Å²) in [4.78, 5) is 12.1. The minimum absolute atomic E-state index is 0.0882. The molecular weight excluding hydrogens is 319 g/mol. The molecule has 0 spiro atoms. The first-order chi connectivity index (χ1) is 11.1. The molecule has 0 saturated heterocycles. The van der Waals surface area contributed by atoms with Crippen molar-refractivity contribution in [3.63, 3.8) is 0 Å². The second kappa shape index (κ2) is 6.14. The number of carbonyl (C=O) groups is 1. The first kappa shape index (κ1) is 15.1. The molecule has 116 valence electrons. The summed E-state index contributed by atoms with van der Waals surface area (Å²) in [5, 5.41) is 16.2. The number of halogens is 2. The van der Waals surface area contributed by atoms with Crippen LogP contribution in [-0.4, -0.2) is 11.1 Å². The maximum atomic E-state index is 13.7. The zero-order valence-electron chi connectivity index (χ0n) is 11.8. The van der Waals surface area contributed by atoms with Gasteiger partial charge in [-0.05, 0) is 24.3 Å². The fraction of sp³-hybridized carbons (Fsp3) is 0. The van der Waals surface area contributed by atoms with Crippen molar-refractivity contribution < 1.29 is 14.3 Å². The zero-order valence-corrected chi connectivity index (χ0v) is 12.6. The molecule has 0 aromatic heterocycles. The first-order valence-corrected chi connectivity index (χ1v) is 7.17. The molecule has 4 nitrogen and oxygen atoms in total. The first-order valence-electron chi connectivity index (χ1n) is 6.79. The smallest absolute Gasteiger partial charge is 0.323 e. The molecule has 2 amide bonds. The highest BCUT2D eigenvalue weighted by molar-refractivity contribution is 6.33. The van der Waals surface area contributed by atoms with Gasteiger partial charge in [0.15, 0.2) is 0 Å². The number of urea groups is 1. The highest BCUT2D eigenvalue weighted by Gasteiger charge is 2.12. The lowest BCUT2D eigenvalue weighted by atomic mass is 10.1. The minimum atomic E-state index is -0.632. The normalized spacial score (nSPS) is 10.5. The SMILES string of the molecule is O=C(Nc1c(F)cccc1Cl)Nc1cccc2c(O)cccc12. The number of aromatic hydroxyl groups is 1. The largest absolute Gasteiger partial charge is 0.507 e. The molecule has 0 aliphatic heterocycles. The van der Waals surface area contributed by atoms with Gasteiger partial charge in [0.05, 0.1) is 16.4 Å². The molecule has 0 fully saturated rings. The summed E-state index contributed by atoms with van der Waals surface area (Å²) in [5.74, 6) is -0.507. The third kappa shape index (κ3) is 3.05. The van der Waals surface area contributed by atoms with Crippen molar-refractivity contribution >= 4 is 39.8 Å². The lowest BCUT2D eigenvalue weighted by Gasteiger charge is -2.12. The van der Waals surface area contributed by atoms with E-state index in [1.165, 1.54) is 18.2 Å². The van der Waals surface area contributed by atoms with Gasteiger partial charge in [-0.15, -0.1) is 0 Å². The van der Waals surface area contributed by atoms with E-state index in [0.29, 0.717) is 16.5 Å². The summed E-state index contributed by atoms with van der Waals surface area (Å²) in [6, 6.07) is 13.6. The number of hydrogen-bond acceptors (Lipinski definition) is 2. The van der Waals surface area contributed by atoms with E-state index >= 15 is 0 Å². The van der Waals surface area contributed by atoms with E-state index in [1.807, 2.05) is 0 Å². The Hall–Kier alpha value is -2.79. The van der Waals surface area contributed by atoms with Crippen LogP contribution in [0.15, 0.2) is 54.6 Å². The van der Waals surface area contributed by atoms with Gasteiger partial charge >= 0.3 is 6.03 Å². The van der Waals surface area contributed by atoms with Gasteiger partial charge < -0.3 is 15.7 Å². The monoisotopic (exact) mass is 330 g/mol. The van der Waals surface area contributed by atoms with Gasteiger partial charge in [0.25, 0.3) is 0 Å². The second-order valence-corrected chi connectivity index (χ2v) is 5.26. The number of benzene rings is 3. The van der Waals surface area contributed by atoms with Crippen LogP contribution in [0.4, 0.5) is 20.6 Å². The molecule has 0 radical (unpaired) electrons. The van der Waals surface area contributed by atoms with Crippen LogP contribution in [0.3, 0.4) is 0 Å². The van der Waals surface area contributed by atoms with Crippen molar-refractivity contribution in [2.45, 2.75) is 0 Å². The number of amides is 2. The molecule has 0 aliphatic rings. The summed E-state index contributed by atoms with van der Waals surface area (Å²) in [5.41, 5.74) is 0.401. The van der Waals surface area contributed by atoms with Crippen LogP contribution in [0.25, 0.3) is 10.8 Å². The lowest BCUT2D eigenvalue weighted by Crippen LogP contribution is -2.20. The Labute approximate surface area is 136 Å². The van der Waals surface area contributed by atoms with Crippen LogP contribution >= 0.6 is 11.6 Å².